The zero-order valence-corrected chi connectivity index (χ0v) is 13.4. The zero-order valence-electron chi connectivity index (χ0n) is 13.4. The van der Waals surface area contributed by atoms with E-state index >= 15 is 0 Å². The summed E-state index contributed by atoms with van der Waals surface area (Å²) in [6.45, 7) is 11.4. The van der Waals surface area contributed by atoms with E-state index in [1.165, 1.54) is 12.8 Å². The van der Waals surface area contributed by atoms with Gasteiger partial charge in [-0.3, -0.25) is 4.79 Å². The van der Waals surface area contributed by atoms with E-state index in [1.54, 1.807) is 0 Å². The Morgan fingerprint density at radius 1 is 1.21 bits per heavy atom. The molecule has 0 aromatic heterocycles. The summed E-state index contributed by atoms with van der Waals surface area (Å²) in [5.41, 5.74) is -0.545. The second-order valence-electron chi connectivity index (χ2n) is 5.34. The van der Waals surface area contributed by atoms with E-state index in [1.807, 2.05) is 20.8 Å². The smallest absolute Gasteiger partial charge is 0.326 e. The van der Waals surface area contributed by atoms with Crippen LogP contribution in [0.3, 0.4) is 0 Å². The first-order valence-corrected chi connectivity index (χ1v) is 7.61. The fourth-order valence-corrected chi connectivity index (χ4v) is 2.19. The molecule has 0 heterocycles. The van der Waals surface area contributed by atoms with Crippen LogP contribution in [0.5, 0.6) is 0 Å². The number of rotatable bonds is 11. The standard InChI is InChI=1S/C15H32N2O2/c1-6-9-12-17(5)13-10-11-15(4,16-7-2)14(18)19-8-3/h16H,6-13H2,1-5H3. The molecule has 0 amide bonds. The molecule has 4 nitrogen and oxygen atoms in total. The largest absolute Gasteiger partial charge is 0.465 e. The summed E-state index contributed by atoms with van der Waals surface area (Å²) in [7, 11) is 2.14. The maximum atomic E-state index is 12.0. The molecular weight excluding hydrogens is 240 g/mol. The van der Waals surface area contributed by atoms with Gasteiger partial charge in [0.2, 0.25) is 0 Å². The lowest BCUT2D eigenvalue weighted by Crippen LogP contribution is -2.50. The average Bonchev–Trinajstić information content (AvgIpc) is 2.37. The van der Waals surface area contributed by atoms with Crippen LogP contribution in [-0.4, -0.2) is 49.7 Å². The van der Waals surface area contributed by atoms with Crippen molar-refractivity contribution in [3.8, 4) is 0 Å². The van der Waals surface area contributed by atoms with Gasteiger partial charge in [0.15, 0.2) is 0 Å². The highest BCUT2D eigenvalue weighted by Gasteiger charge is 2.33. The number of likely N-dealkylation sites (N-methyl/N-ethyl adjacent to an activating group) is 1. The van der Waals surface area contributed by atoms with Crippen molar-refractivity contribution in [2.24, 2.45) is 0 Å². The van der Waals surface area contributed by atoms with E-state index in [-0.39, 0.29) is 5.97 Å². The summed E-state index contributed by atoms with van der Waals surface area (Å²) < 4.78 is 5.17. The molecule has 0 aliphatic carbocycles. The number of hydrogen-bond acceptors (Lipinski definition) is 4. The van der Waals surface area contributed by atoms with Gasteiger partial charge in [0.1, 0.15) is 5.54 Å². The van der Waals surface area contributed by atoms with E-state index in [0.29, 0.717) is 6.61 Å². The van der Waals surface area contributed by atoms with Gasteiger partial charge >= 0.3 is 5.97 Å². The predicted molar refractivity (Wildman–Crippen MR) is 80.4 cm³/mol. The molecule has 1 unspecified atom stereocenters. The van der Waals surface area contributed by atoms with E-state index in [9.17, 15) is 4.79 Å². The van der Waals surface area contributed by atoms with Crippen LogP contribution in [0.15, 0.2) is 0 Å². The van der Waals surface area contributed by atoms with Gasteiger partial charge in [0.25, 0.3) is 0 Å². The summed E-state index contributed by atoms with van der Waals surface area (Å²) in [6.07, 6.45) is 4.28. The average molecular weight is 272 g/mol. The lowest BCUT2D eigenvalue weighted by molar-refractivity contribution is -0.150. The molecule has 0 aliphatic heterocycles. The van der Waals surface area contributed by atoms with Crippen molar-refractivity contribution >= 4 is 5.97 Å². The quantitative estimate of drug-likeness (QED) is 0.587. The zero-order chi connectivity index (χ0) is 14.7. The number of carbonyl (C=O) groups is 1. The van der Waals surface area contributed by atoms with Crippen LogP contribution < -0.4 is 5.32 Å². The highest BCUT2D eigenvalue weighted by Crippen LogP contribution is 2.15. The monoisotopic (exact) mass is 272 g/mol. The van der Waals surface area contributed by atoms with Gasteiger partial charge in [-0.15, -0.1) is 0 Å². The van der Waals surface area contributed by atoms with E-state index in [2.05, 4.69) is 24.2 Å². The first-order valence-electron chi connectivity index (χ1n) is 7.61. The fourth-order valence-electron chi connectivity index (χ4n) is 2.19. The summed E-state index contributed by atoms with van der Waals surface area (Å²) in [5, 5.41) is 3.27. The Labute approximate surface area is 118 Å². The molecule has 19 heavy (non-hydrogen) atoms. The van der Waals surface area contributed by atoms with Gasteiger partial charge in [-0.05, 0) is 59.8 Å². The van der Waals surface area contributed by atoms with Crippen LogP contribution in [0.4, 0.5) is 0 Å². The Morgan fingerprint density at radius 3 is 2.37 bits per heavy atom. The Kier molecular flexibility index (Phi) is 9.88. The Hall–Kier alpha value is -0.610. The second kappa shape index (κ2) is 10.2. The van der Waals surface area contributed by atoms with Gasteiger partial charge in [-0.2, -0.15) is 0 Å². The minimum atomic E-state index is -0.545. The van der Waals surface area contributed by atoms with Gasteiger partial charge in [-0.25, -0.2) is 0 Å². The van der Waals surface area contributed by atoms with Crippen LogP contribution in [0.1, 0.15) is 53.4 Å². The van der Waals surface area contributed by atoms with Crippen molar-refractivity contribution in [2.75, 3.05) is 33.3 Å². The Morgan fingerprint density at radius 2 is 1.84 bits per heavy atom. The Bertz CT molecular complexity index is 246. The number of ether oxygens (including phenoxy) is 1. The number of unbranched alkanes of at least 4 members (excludes halogenated alkanes) is 1. The summed E-state index contributed by atoms with van der Waals surface area (Å²) in [5.74, 6) is -0.131. The molecule has 0 rings (SSSR count). The molecule has 0 spiro atoms. The third-order valence-corrected chi connectivity index (χ3v) is 3.40. The van der Waals surface area contributed by atoms with Crippen molar-refractivity contribution in [3.63, 3.8) is 0 Å². The van der Waals surface area contributed by atoms with Gasteiger partial charge in [0, 0.05) is 0 Å². The minimum absolute atomic E-state index is 0.131. The minimum Gasteiger partial charge on any atom is -0.465 e. The van der Waals surface area contributed by atoms with Gasteiger partial charge < -0.3 is 15.0 Å². The van der Waals surface area contributed by atoms with Crippen LogP contribution >= 0.6 is 0 Å². The van der Waals surface area contributed by atoms with E-state index < -0.39 is 5.54 Å². The number of hydrogen-bond donors (Lipinski definition) is 1. The summed E-state index contributed by atoms with van der Waals surface area (Å²) >= 11 is 0. The molecule has 0 aromatic rings. The molecule has 0 saturated carbocycles. The molecule has 4 heteroatoms. The van der Waals surface area contributed by atoms with Gasteiger partial charge in [0.05, 0.1) is 6.61 Å². The lowest BCUT2D eigenvalue weighted by atomic mass is 9.95. The number of esters is 1. The van der Waals surface area contributed by atoms with E-state index in [0.717, 1.165) is 32.5 Å². The van der Waals surface area contributed by atoms with Crippen molar-refractivity contribution in [1.82, 2.24) is 10.2 Å². The van der Waals surface area contributed by atoms with Crippen molar-refractivity contribution < 1.29 is 9.53 Å². The first kappa shape index (κ1) is 18.4. The van der Waals surface area contributed by atoms with E-state index in [4.69, 9.17) is 4.74 Å². The number of nitrogens with one attached hydrogen (secondary N) is 1. The molecule has 1 atom stereocenters. The summed E-state index contributed by atoms with van der Waals surface area (Å²) in [4.78, 5) is 14.3. The maximum Gasteiger partial charge on any atom is 0.326 e. The highest BCUT2D eigenvalue weighted by atomic mass is 16.5. The first-order chi connectivity index (χ1) is 9.00. The van der Waals surface area contributed by atoms with Crippen LogP contribution in [0.2, 0.25) is 0 Å². The Balaban J connectivity index is 4.16. The molecule has 0 radical (unpaired) electrons. The molecule has 1 N–H and O–H groups in total. The van der Waals surface area contributed by atoms with Gasteiger partial charge in [-0.1, -0.05) is 20.3 Å². The fraction of sp³-hybridized carbons (Fsp3) is 0.933. The predicted octanol–water partition coefficient (Wildman–Crippen LogP) is 2.43. The second-order valence-corrected chi connectivity index (χ2v) is 5.34. The molecule has 0 aromatic carbocycles. The number of carbonyl (C=O) groups excluding carboxylic acids is 1. The third kappa shape index (κ3) is 7.53. The molecule has 0 aliphatic rings. The molecular formula is C15H32N2O2. The maximum absolute atomic E-state index is 12.0. The van der Waals surface area contributed by atoms with Crippen molar-refractivity contribution in [2.45, 2.75) is 58.9 Å². The normalized spacial score (nSPS) is 14.4. The third-order valence-electron chi connectivity index (χ3n) is 3.40. The summed E-state index contributed by atoms with van der Waals surface area (Å²) in [6, 6.07) is 0. The van der Waals surface area contributed by atoms with Crippen molar-refractivity contribution in [1.29, 1.82) is 0 Å². The molecule has 114 valence electrons. The highest BCUT2D eigenvalue weighted by molar-refractivity contribution is 5.80. The molecule has 0 saturated heterocycles. The lowest BCUT2D eigenvalue weighted by Gasteiger charge is -2.29. The SMILES string of the molecule is CCCCN(C)CCCC(C)(NCC)C(=O)OCC. The molecule has 0 bridgehead atoms. The van der Waals surface area contributed by atoms with Crippen LogP contribution in [0.25, 0.3) is 0 Å². The van der Waals surface area contributed by atoms with Crippen LogP contribution in [-0.2, 0) is 9.53 Å². The molecule has 0 fully saturated rings. The number of nitrogens with zero attached hydrogens (tertiary/aromatic N) is 1. The topological polar surface area (TPSA) is 41.6 Å². The van der Waals surface area contributed by atoms with Crippen LogP contribution in [0, 0.1) is 0 Å². The van der Waals surface area contributed by atoms with Crippen molar-refractivity contribution in [3.05, 3.63) is 0 Å².